The molecule has 0 aliphatic heterocycles. The number of rotatable bonds is 5. The normalized spacial score (nSPS) is 11.4. The summed E-state index contributed by atoms with van der Waals surface area (Å²) in [6.07, 6.45) is 0.935. The van der Waals surface area contributed by atoms with E-state index in [1.54, 1.807) is 30.3 Å². The molecule has 0 fully saturated rings. The molecule has 1 heterocycles. The zero-order valence-corrected chi connectivity index (χ0v) is 13.4. The van der Waals surface area contributed by atoms with Gasteiger partial charge >= 0.3 is 0 Å². The van der Waals surface area contributed by atoms with Crippen molar-refractivity contribution in [2.24, 2.45) is 0 Å². The molecule has 6 nitrogen and oxygen atoms in total. The second kappa shape index (κ2) is 7.36. The van der Waals surface area contributed by atoms with E-state index in [-0.39, 0.29) is 11.9 Å². The van der Waals surface area contributed by atoms with Crippen LogP contribution in [0.2, 0.25) is 0 Å². The van der Waals surface area contributed by atoms with Gasteiger partial charge in [-0.05, 0) is 50.6 Å². The summed E-state index contributed by atoms with van der Waals surface area (Å²) in [6, 6.07) is 10.6. The lowest BCUT2D eigenvalue weighted by atomic mass is 10.2. The average molecular weight is 309 g/mol. The minimum Gasteiger partial charge on any atom is -0.352 e. The van der Waals surface area contributed by atoms with Crippen molar-refractivity contribution in [3.05, 3.63) is 47.3 Å². The first kappa shape index (κ1) is 16.4. The maximum absolute atomic E-state index is 12.3. The first-order chi connectivity index (χ1) is 11.0. The number of carbonyl (C=O) groups excluding carboxylic acids is 1. The van der Waals surface area contributed by atoms with Gasteiger partial charge in [-0.3, -0.25) is 4.79 Å². The van der Waals surface area contributed by atoms with Crippen molar-refractivity contribution >= 4 is 17.5 Å². The largest absolute Gasteiger partial charge is 0.352 e. The third kappa shape index (κ3) is 4.51. The molecular formula is C17H19N5O. The molecule has 1 amide bonds. The molecule has 0 saturated carbocycles. The number of hydrogen-bond donors (Lipinski definition) is 2. The van der Waals surface area contributed by atoms with Crippen LogP contribution < -0.4 is 10.6 Å². The molecule has 23 heavy (non-hydrogen) atoms. The summed E-state index contributed by atoms with van der Waals surface area (Å²) in [5.41, 5.74) is 2.17. The average Bonchev–Trinajstić information content (AvgIpc) is 2.54. The van der Waals surface area contributed by atoms with Crippen LogP contribution in [0, 0.1) is 18.3 Å². The second-order valence-corrected chi connectivity index (χ2v) is 5.32. The number of nitrogens with zero attached hydrogens (tertiary/aromatic N) is 3. The van der Waals surface area contributed by atoms with Crippen LogP contribution in [0.5, 0.6) is 0 Å². The highest BCUT2D eigenvalue weighted by Crippen LogP contribution is 2.12. The van der Waals surface area contributed by atoms with Crippen LogP contribution in [0.1, 0.15) is 42.0 Å². The number of amides is 1. The number of aromatic nitrogens is 2. The smallest absolute Gasteiger partial charge is 0.274 e. The van der Waals surface area contributed by atoms with Gasteiger partial charge in [0, 0.05) is 17.4 Å². The van der Waals surface area contributed by atoms with Gasteiger partial charge in [0.25, 0.3) is 5.91 Å². The molecule has 2 rings (SSSR count). The second-order valence-electron chi connectivity index (χ2n) is 5.32. The highest BCUT2D eigenvalue weighted by Gasteiger charge is 2.12. The van der Waals surface area contributed by atoms with Crippen molar-refractivity contribution in [3.8, 4) is 6.07 Å². The van der Waals surface area contributed by atoms with E-state index in [0.717, 1.165) is 12.1 Å². The maximum atomic E-state index is 12.3. The van der Waals surface area contributed by atoms with Crippen LogP contribution >= 0.6 is 0 Å². The maximum Gasteiger partial charge on any atom is 0.274 e. The zero-order chi connectivity index (χ0) is 16.8. The summed E-state index contributed by atoms with van der Waals surface area (Å²) in [5.74, 6) is 0.136. The molecule has 118 valence electrons. The molecule has 0 aliphatic rings. The number of nitriles is 1. The van der Waals surface area contributed by atoms with Crippen molar-refractivity contribution < 1.29 is 4.79 Å². The summed E-state index contributed by atoms with van der Waals surface area (Å²) < 4.78 is 0. The van der Waals surface area contributed by atoms with Crippen LogP contribution in [-0.2, 0) is 0 Å². The molecule has 2 aromatic rings. The van der Waals surface area contributed by atoms with E-state index in [2.05, 4.69) is 27.5 Å². The van der Waals surface area contributed by atoms with Gasteiger partial charge in [0.15, 0.2) is 0 Å². The van der Waals surface area contributed by atoms with Gasteiger partial charge in [0.1, 0.15) is 5.69 Å². The number of benzene rings is 1. The van der Waals surface area contributed by atoms with E-state index in [4.69, 9.17) is 5.26 Å². The Kier molecular flexibility index (Phi) is 5.26. The molecule has 1 unspecified atom stereocenters. The molecule has 1 aromatic carbocycles. The number of anilines is 2. The predicted molar refractivity (Wildman–Crippen MR) is 89.3 cm³/mol. The van der Waals surface area contributed by atoms with Crippen molar-refractivity contribution in [2.75, 3.05) is 10.6 Å². The third-order valence-corrected chi connectivity index (χ3v) is 3.35. The Labute approximate surface area is 135 Å². The van der Waals surface area contributed by atoms with E-state index < -0.39 is 0 Å². The minimum atomic E-state index is -0.313. The van der Waals surface area contributed by atoms with Crippen molar-refractivity contribution in [3.63, 3.8) is 0 Å². The standard InChI is InChI=1S/C17H19N5O/c1-4-11(2)19-17-20-12(3)9-15(22-17)16(23)21-14-7-5-13(10-18)6-8-14/h5-9,11H,4H2,1-3H3,(H,21,23)(H,19,20,22). The molecule has 0 aliphatic carbocycles. The Morgan fingerprint density at radius 2 is 2.00 bits per heavy atom. The van der Waals surface area contributed by atoms with Gasteiger partial charge in [-0.15, -0.1) is 0 Å². The molecule has 0 spiro atoms. The van der Waals surface area contributed by atoms with Gasteiger partial charge < -0.3 is 10.6 Å². The first-order valence-electron chi connectivity index (χ1n) is 7.45. The SMILES string of the molecule is CCC(C)Nc1nc(C)cc(C(=O)Nc2ccc(C#N)cc2)n1. The molecule has 1 aromatic heterocycles. The Hall–Kier alpha value is -2.94. The Morgan fingerprint density at radius 3 is 2.61 bits per heavy atom. The molecule has 0 bridgehead atoms. The number of aryl methyl sites for hydroxylation is 1. The van der Waals surface area contributed by atoms with Gasteiger partial charge in [0.05, 0.1) is 11.6 Å². The summed E-state index contributed by atoms with van der Waals surface area (Å²) >= 11 is 0. The lowest BCUT2D eigenvalue weighted by Crippen LogP contribution is -2.19. The van der Waals surface area contributed by atoms with E-state index >= 15 is 0 Å². The fourth-order valence-electron chi connectivity index (χ4n) is 1.90. The minimum absolute atomic E-state index is 0.228. The summed E-state index contributed by atoms with van der Waals surface area (Å²) in [4.78, 5) is 20.9. The van der Waals surface area contributed by atoms with E-state index in [1.807, 2.05) is 19.9 Å². The third-order valence-electron chi connectivity index (χ3n) is 3.35. The molecule has 2 N–H and O–H groups in total. The van der Waals surface area contributed by atoms with E-state index in [9.17, 15) is 4.79 Å². The van der Waals surface area contributed by atoms with Crippen LogP contribution in [0.4, 0.5) is 11.6 Å². The van der Waals surface area contributed by atoms with Crippen molar-refractivity contribution in [1.82, 2.24) is 9.97 Å². The molecule has 0 radical (unpaired) electrons. The topological polar surface area (TPSA) is 90.7 Å². The highest BCUT2D eigenvalue weighted by molar-refractivity contribution is 6.03. The lowest BCUT2D eigenvalue weighted by Gasteiger charge is -2.12. The van der Waals surface area contributed by atoms with Gasteiger partial charge in [0.2, 0.25) is 5.95 Å². The first-order valence-corrected chi connectivity index (χ1v) is 7.45. The molecular weight excluding hydrogens is 290 g/mol. The summed E-state index contributed by atoms with van der Waals surface area (Å²) in [6.45, 7) is 5.91. The Balaban J connectivity index is 2.16. The Morgan fingerprint density at radius 1 is 1.30 bits per heavy atom. The monoisotopic (exact) mass is 309 g/mol. The summed E-state index contributed by atoms with van der Waals surface area (Å²) in [7, 11) is 0. The fraction of sp³-hybridized carbons (Fsp3) is 0.294. The van der Waals surface area contributed by atoms with Crippen LogP contribution in [0.15, 0.2) is 30.3 Å². The van der Waals surface area contributed by atoms with Crippen molar-refractivity contribution in [2.45, 2.75) is 33.2 Å². The highest BCUT2D eigenvalue weighted by atomic mass is 16.1. The predicted octanol–water partition coefficient (Wildman–Crippen LogP) is 3.12. The number of nitrogens with one attached hydrogen (secondary N) is 2. The fourth-order valence-corrected chi connectivity index (χ4v) is 1.90. The van der Waals surface area contributed by atoms with Crippen LogP contribution in [-0.4, -0.2) is 21.9 Å². The lowest BCUT2D eigenvalue weighted by molar-refractivity contribution is 0.102. The van der Waals surface area contributed by atoms with Gasteiger partial charge in [-0.1, -0.05) is 6.92 Å². The molecule has 0 saturated heterocycles. The van der Waals surface area contributed by atoms with Crippen LogP contribution in [0.3, 0.4) is 0 Å². The quantitative estimate of drug-likeness (QED) is 0.885. The number of hydrogen-bond acceptors (Lipinski definition) is 5. The molecule has 1 atom stereocenters. The Bertz CT molecular complexity index is 734. The van der Waals surface area contributed by atoms with Crippen molar-refractivity contribution in [1.29, 1.82) is 5.26 Å². The van der Waals surface area contributed by atoms with E-state index in [1.165, 1.54) is 0 Å². The van der Waals surface area contributed by atoms with E-state index in [0.29, 0.717) is 22.9 Å². The van der Waals surface area contributed by atoms with Gasteiger partial charge in [-0.2, -0.15) is 5.26 Å². The summed E-state index contributed by atoms with van der Waals surface area (Å²) in [5, 5.41) is 14.7. The molecule has 6 heteroatoms. The van der Waals surface area contributed by atoms with Gasteiger partial charge in [-0.25, -0.2) is 9.97 Å². The number of carbonyl (C=O) groups is 1. The van der Waals surface area contributed by atoms with Crippen LogP contribution in [0.25, 0.3) is 0 Å². The zero-order valence-electron chi connectivity index (χ0n) is 13.4.